The predicted molar refractivity (Wildman–Crippen MR) is 171 cm³/mol. The lowest BCUT2D eigenvalue weighted by atomic mass is 9.90. The van der Waals surface area contributed by atoms with Crippen LogP contribution in [-0.4, -0.2) is 48.1 Å². The van der Waals surface area contributed by atoms with Gasteiger partial charge in [-0.1, -0.05) is 19.1 Å². The van der Waals surface area contributed by atoms with Crippen LogP contribution in [0.4, 0.5) is 15.9 Å². The number of pyridine rings is 1. The number of hydrogen-bond donors (Lipinski definition) is 1. The molecule has 1 N–H and O–H groups in total. The van der Waals surface area contributed by atoms with Crippen LogP contribution in [0.25, 0.3) is 10.9 Å². The van der Waals surface area contributed by atoms with Crippen LogP contribution in [-0.2, 0) is 31.5 Å². The van der Waals surface area contributed by atoms with Gasteiger partial charge in [-0.05, 0) is 83.2 Å². The molecule has 0 amide bonds. The smallest absolute Gasteiger partial charge is 0.153 e. The monoisotopic (exact) mass is 684 g/mol. The molecule has 1 aliphatic heterocycles. The van der Waals surface area contributed by atoms with Crippen LogP contribution in [0.5, 0.6) is 5.75 Å². The number of aromatic nitrogens is 3. The lowest BCUT2D eigenvalue weighted by Crippen LogP contribution is -2.27. The average Bonchev–Trinajstić information content (AvgIpc) is 3.48. The zero-order valence-corrected chi connectivity index (χ0v) is 26.7. The molecule has 0 aliphatic carbocycles. The van der Waals surface area contributed by atoms with Crippen LogP contribution in [0.15, 0.2) is 77.9 Å². The number of benzene rings is 2. The number of rotatable bonds is 15. The standard InChI is InChI=1S/C32H34BrFN4O5S/c1-2-15-44(39,40)16-14-41-12-4-10-32(11-5-13-43-32)30-19-26-28(20-35-30)36-22-37-31(26)38-25-8-9-29(27(33)18-25)42-21-23-6-3-7-24(34)17-23/h3,5-9,13,17-20,22H,2,4,10-12,14-16,21H2,1H3,(H,36,37,38). The van der Waals surface area contributed by atoms with Crippen LogP contribution in [0.1, 0.15) is 43.9 Å². The highest BCUT2D eigenvalue weighted by atomic mass is 79.9. The van der Waals surface area contributed by atoms with Gasteiger partial charge >= 0.3 is 0 Å². The van der Waals surface area contributed by atoms with Gasteiger partial charge in [0.15, 0.2) is 15.4 Å². The fourth-order valence-corrected chi connectivity index (χ4v) is 6.70. The summed E-state index contributed by atoms with van der Waals surface area (Å²) in [4.78, 5) is 13.6. The molecule has 1 atom stereocenters. The summed E-state index contributed by atoms with van der Waals surface area (Å²) in [6.45, 7) is 2.70. The topological polar surface area (TPSA) is 113 Å². The van der Waals surface area contributed by atoms with Crippen molar-refractivity contribution >= 4 is 48.2 Å². The van der Waals surface area contributed by atoms with Crippen molar-refractivity contribution in [2.75, 3.05) is 30.0 Å². The minimum atomic E-state index is -3.06. The van der Waals surface area contributed by atoms with E-state index in [4.69, 9.17) is 19.2 Å². The molecule has 5 rings (SSSR count). The molecule has 232 valence electrons. The summed E-state index contributed by atoms with van der Waals surface area (Å²) in [5.41, 5.74) is 2.28. The molecule has 2 aromatic carbocycles. The summed E-state index contributed by atoms with van der Waals surface area (Å²) in [6.07, 6.45) is 9.44. The van der Waals surface area contributed by atoms with E-state index in [9.17, 15) is 12.8 Å². The zero-order chi connectivity index (χ0) is 31.0. The SMILES string of the molecule is CCCS(=O)(=O)CCOCCCC1(c2cc3c(Nc4ccc(OCc5cccc(F)c5)c(Br)c4)ncnc3cn2)CC=CO1. The fraction of sp³-hybridized carbons (Fsp3) is 0.344. The lowest BCUT2D eigenvalue weighted by molar-refractivity contribution is 0.0173. The number of anilines is 2. The van der Waals surface area contributed by atoms with Gasteiger partial charge in [0.1, 0.15) is 30.3 Å². The van der Waals surface area contributed by atoms with E-state index in [1.807, 2.05) is 43.3 Å². The molecule has 1 aliphatic rings. The van der Waals surface area contributed by atoms with E-state index < -0.39 is 15.4 Å². The van der Waals surface area contributed by atoms with Crippen molar-refractivity contribution in [2.24, 2.45) is 0 Å². The highest BCUT2D eigenvalue weighted by molar-refractivity contribution is 9.10. The first-order valence-corrected chi connectivity index (χ1v) is 17.0. The van der Waals surface area contributed by atoms with Gasteiger partial charge in [-0.2, -0.15) is 0 Å². The summed E-state index contributed by atoms with van der Waals surface area (Å²) >= 11 is 3.57. The van der Waals surface area contributed by atoms with Crippen molar-refractivity contribution < 1.29 is 27.0 Å². The third-order valence-corrected chi connectivity index (χ3v) is 9.67. The highest BCUT2D eigenvalue weighted by Crippen LogP contribution is 2.39. The molecule has 1 unspecified atom stereocenters. The Balaban J connectivity index is 1.26. The maximum atomic E-state index is 13.5. The summed E-state index contributed by atoms with van der Waals surface area (Å²) in [7, 11) is -3.06. The molecule has 2 aromatic heterocycles. The van der Waals surface area contributed by atoms with Crippen molar-refractivity contribution in [3.8, 4) is 5.75 Å². The summed E-state index contributed by atoms with van der Waals surface area (Å²) in [6, 6.07) is 13.9. The second-order valence-corrected chi connectivity index (χ2v) is 13.7. The summed E-state index contributed by atoms with van der Waals surface area (Å²) in [5.74, 6) is 1.15. The number of nitrogens with zero attached hydrogens (tertiary/aromatic N) is 3. The minimum Gasteiger partial charge on any atom is -0.489 e. The Morgan fingerprint density at radius 1 is 1.09 bits per heavy atom. The molecule has 0 fully saturated rings. The molecule has 0 saturated heterocycles. The van der Waals surface area contributed by atoms with Crippen molar-refractivity contribution in [1.82, 2.24) is 15.0 Å². The van der Waals surface area contributed by atoms with Gasteiger partial charge < -0.3 is 19.5 Å². The Labute approximate surface area is 264 Å². The van der Waals surface area contributed by atoms with Crippen molar-refractivity contribution in [3.05, 3.63) is 94.9 Å². The molecule has 9 nitrogen and oxygen atoms in total. The van der Waals surface area contributed by atoms with Crippen molar-refractivity contribution in [3.63, 3.8) is 0 Å². The average molecular weight is 686 g/mol. The number of hydrogen-bond acceptors (Lipinski definition) is 9. The zero-order valence-electron chi connectivity index (χ0n) is 24.3. The summed E-state index contributed by atoms with van der Waals surface area (Å²) < 4.78 is 55.7. The number of ether oxygens (including phenoxy) is 3. The maximum absolute atomic E-state index is 13.5. The fourth-order valence-electron chi connectivity index (χ4n) is 5.01. The quantitative estimate of drug-likeness (QED) is 0.132. The molecule has 0 radical (unpaired) electrons. The second kappa shape index (κ2) is 14.4. The number of fused-ring (bicyclic) bond motifs is 1. The molecule has 44 heavy (non-hydrogen) atoms. The largest absolute Gasteiger partial charge is 0.489 e. The van der Waals surface area contributed by atoms with E-state index in [0.29, 0.717) is 49.4 Å². The van der Waals surface area contributed by atoms with Crippen LogP contribution in [0, 0.1) is 5.82 Å². The van der Waals surface area contributed by atoms with E-state index in [1.54, 1.807) is 18.5 Å². The van der Waals surface area contributed by atoms with E-state index in [-0.39, 0.29) is 30.5 Å². The number of sulfone groups is 1. The molecule has 0 bridgehead atoms. The van der Waals surface area contributed by atoms with E-state index in [1.165, 1.54) is 18.5 Å². The van der Waals surface area contributed by atoms with Crippen LogP contribution in [0.2, 0.25) is 0 Å². The van der Waals surface area contributed by atoms with E-state index in [2.05, 4.69) is 31.2 Å². The van der Waals surface area contributed by atoms with Crippen molar-refractivity contribution in [2.45, 2.75) is 44.8 Å². The van der Waals surface area contributed by atoms with Gasteiger partial charge in [-0.3, -0.25) is 4.98 Å². The molecule has 0 spiro atoms. The van der Waals surface area contributed by atoms with E-state index >= 15 is 0 Å². The molecule has 0 saturated carbocycles. The normalized spacial score (nSPS) is 16.2. The van der Waals surface area contributed by atoms with Gasteiger partial charge in [-0.15, -0.1) is 0 Å². The number of nitrogens with one attached hydrogen (secondary N) is 1. The Kier molecular flexibility index (Phi) is 10.4. The predicted octanol–water partition coefficient (Wildman–Crippen LogP) is 7.00. The first-order valence-electron chi connectivity index (χ1n) is 14.4. The van der Waals surface area contributed by atoms with Gasteiger partial charge in [0.25, 0.3) is 0 Å². The first-order chi connectivity index (χ1) is 21.3. The van der Waals surface area contributed by atoms with Crippen LogP contribution in [0.3, 0.4) is 0 Å². The van der Waals surface area contributed by atoms with Crippen LogP contribution >= 0.6 is 15.9 Å². The van der Waals surface area contributed by atoms with Gasteiger partial charge in [0.05, 0.1) is 40.5 Å². The Morgan fingerprint density at radius 3 is 2.75 bits per heavy atom. The van der Waals surface area contributed by atoms with Crippen LogP contribution < -0.4 is 10.1 Å². The third-order valence-electron chi connectivity index (χ3n) is 7.23. The molecule has 12 heteroatoms. The second-order valence-electron chi connectivity index (χ2n) is 10.6. The van der Waals surface area contributed by atoms with Gasteiger partial charge in [0, 0.05) is 29.9 Å². The maximum Gasteiger partial charge on any atom is 0.153 e. The molecule has 3 heterocycles. The number of halogens is 2. The molecular weight excluding hydrogens is 651 g/mol. The Hall–Kier alpha value is -3.61. The minimum absolute atomic E-state index is 0.0350. The Bertz CT molecular complexity index is 1730. The molecule has 4 aromatic rings. The summed E-state index contributed by atoms with van der Waals surface area (Å²) in [5, 5.41) is 4.16. The van der Waals surface area contributed by atoms with Gasteiger partial charge in [0.2, 0.25) is 0 Å². The first kappa shape index (κ1) is 31.8. The van der Waals surface area contributed by atoms with Crippen molar-refractivity contribution in [1.29, 1.82) is 0 Å². The van der Waals surface area contributed by atoms with E-state index in [0.717, 1.165) is 26.8 Å². The molecular formula is C32H34BrFN4O5S. The third kappa shape index (κ3) is 8.10. The van der Waals surface area contributed by atoms with Gasteiger partial charge in [-0.25, -0.2) is 22.8 Å². The lowest BCUT2D eigenvalue weighted by Gasteiger charge is -2.28. The Morgan fingerprint density at radius 2 is 1.98 bits per heavy atom. The highest BCUT2D eigenvalue weighted by Gasteiger charge is 2.36.